The second-order valence-corrected chi connectivity index (χ2v) is 15.7. The Hall–Kier alpha value is -8.14. The van der Waals surface area contributed by atoms with Crippen LogP contribution in [0, 0.1) is 18.2 Å². The molecule has 0 N–H and O–H groups in total. The van der Waals surface area contributed by atoms with Crippen molar-refractivity contribution in [3.8, 4) is 101 Å². The Balaban J connectivity index is 0.000000375. The van der Waals surface area contributed by atoms with Gasteiger partial charge in [-0.15, -0.1) is 89.5 Å². The Kier molecular flexibility index (Phi) is 14.0. The zero-order chi connectivity index (χ0) is 44.3. The molecule has 0 saturated carbocycles. The average molecular weight is 1030 g/mol. The molecule has 11 rings (SSSR count). The van der Waals surface area contributed by atoms with Gasteiger partial charge in [0.05, 0.1) is 0 Å². The number of hydrogen-bond acceptors (Lipinski definition) is 3. The minimum atomic E-state index is 0. The average Bonchev–Trinajstić information content (AvgIpc) is 3.42. The first-order chi connectivity index (χ1) is 32.7. The second kappa shape index (κ2) is 21.2. The van der Waals surface area contributed by atoms with Crippen LogP contribution in [0.2, 0.25) is 0 Å². The van der Waals surface area contributed by atoms with Gasteiger partial charge in [-0.1, -0.05) is 173 Å². The van der Waals surface area contributed by atoms with Crippen molar-refractivity contribution < 1.29 is 20.1 Å². The SMILES string of the molecule is [Ir+3].[c-]1cc(-c2ccccc2-c2cc(-c3ccccc3)cc(-c3ccccc3-c3c[c-]c(-c4ccccn4)cc3-c3ccccc3)c2)ccc1-c1ccccn1.[c-]1ccccc1-c1ccccn1. The smallest absolute Gasteiger partial charge is 0.305 e. The van der Waals surface area contributed by atoms with Crippen molar-refractivity contribution in [1.82, 2.24) is 15.0 Å². The molecule has 8 aromatic carbocycles. The van der Waals surface area contributed by atoms with Crippen molar-refractivity contribution in [2.24, 2.45) is 0 Å². The zero-order valence-electron chi connectivity index (χ0n) is 36.4. The van der Waals surface area contributed by atoms with Crippen molar-refractivity contribution in [1.29, 1.82) is 0 Å². The predicted octanol–water partition coefficient (Wildman–Crippen LogP) is 16.0. The largest absolute Gasteiger partial charge is 3.00 e. The van der Waals surface area contributed by atoms with E-state index in [1.165, 1.54) is 5.56 Å². The van der Waals surface area contributed by atoms with Crippen LogP contribution in [0.1, 0.15) is 0 Å². The van der Waals surface area contributed by atoms with Crippen LogP contribution >= 0.6 is 0 Å². The molecule has 0 amide bonds. The second-order valence-electron chi connectivity index (χ2n) is 15.7. The molecular formula is C63H42IrN3. The summed E-state index contributed by atoms with van der Waals surface area (Å²) in [5, 5.41) is 0. The van der Waals surface area contributed by atoms with Gasteiger partial charge in [-0.25, -0.2) is 0 Å². The molecule has 3 heterocycles. The van der Waals surface area contributed by atoms with Gasteiger partial charge in [-0.2, -0.15) is 0 Å². The molecule has 4 heteroatoms. The van der Waals surface area contributed by atoms with Crippen molar-refractivity contribution in [2.45, 2.75) is 0 Å². The van der Waals surface area contributed by atoms with E-state index in [4.69, 9.17) is 0 Å². The molecule has 0 bridgehead atoms. The van der Waals surface area contributed by atoms with Crippen molar-refractivity contribution >= 4 is 0 Å². The van der Waals surface area contributed by atoms with E-state index in [0.29, 0.717) is 0 Å². The molecule has 0 aliphatic heterocycles. The van der Waals surface area contributed by atoms with Gasteiger partial charge in [0.2, 0.25) is 0 Å². The van der Waals surface area contributed by atoms with E-state index in [2.05, 4.69) is 191 Å². The quantitative estimate of drug-likeness (QED) is 0.135. The maximum Gasteiger partial charge on any atom is 3.00 e. The van der Waals surface area contributed by atoms with Gasteiger partial charge in [0, 0.05) is 18.6 Å². The molecule has 0 spiro atoms. The molecule has 11 aromatic rings. The van der Waals surface area contributed by atoms with Crippen LogP contribution in [0.15, 0.2) is 255 Å². The van der Waals surface area contributed by atoms with E-state index in [1.54, 1.807) is 6.20 Å². The third-order valence-corrected chi connectivity index (χ3v) is 11.5. The fourth-order valence-electron chi connectivity index (χ4n) is 8.28. The summed E-state index contributed by atoms with van der Waals surface area (Å²) >= 11 is 0. The van der Waals surface area contributed by atoms with Gasteiger partial charge in [0.25, 0.3) is 0 Å². The normalized spacial score (nSPS) is 10.6. The molecule has 318 valence electrons. The minimum Gasteiger partial charge on any atom is -0.305 e. The van der Waals surface area contributed by atoms with Crippen molar-refractivity contribution in [3.05, 3.63) is 273 Å². The Morgan fingerprint density at radius 3 is 1.25 bits per heavy atom. The number of benzene rings is 8. The van der Waals surface area contributed by atoms with E-state index in [1.807, 2.05) is 91.3 Å². The molecule has 0 fully saturated rings. The van der Waals surface area contributed by atoms with Gasteiger partial charge in [-0.3, -0.25) is 0 Å². The van der Waals surface area contributed by atoms with E-state index in [0.717, 1.165) is 95.0 Å². The van der Waals surface area contributed by atoms with Crippen LogP contribution in [0.5, 0.6) is 0 Å². The molecule has 3 nitrogen and oxygen atoms in total. The number of nitrogens with zero attached hydrogens (tertiary/aromatic N) is 3. The van der Waals surface area contributed by atoms with Gasteiger partial charge < -0.3 is 15.0 Å². The Morgan fingerprint density at radius 2 is 0.716 bits per heavy atom. The maximum atomic E-state index is 4.64. The van der Waals surface area contributed by atoms with Crippen LogP contribution in [0.4, 0.5) is 0 Å². The first kappa shape index (κ1) is 44.1. The van der Waals surface area contributed by atoms with Crippen LogP contribution in [-0.2, 0) is 20.1 Å². The summed E-state index contributed by atoms with van der Waals surface area (Å²) in [6.07, 6.45) is 5.44. The number of pyridine rings is 3. The topological polar surface area (TPSA) is 38.7 Å². The van der Waals surface area contributed by atoms with Crippen molar-refractivity contribution in [2.75, 3.05) is 0 Å². The Labute approximate surface area is 406 Å². The summed E-state index contributed by atoms with van der Waals surface area (Å²) in [4.78, 5) is 13.4. The van der Waals surface area contributed by atoms with Gasteiger partial charge >= 0.3 is 20.1 Å². The van der Waals surface area contributed by atoms with Crippen LogP contribution < -0.4 is 0 Å². The summed E-state index contributed by atoms with van der Waals surface area (Å²) in [5.41, 5.74) is 19.5. The van der Waals surface area contributed by atoms with E-state index in [-0.39, 0.29) is 20.1 Å². The molecule has 67 heavy (non-hydrogen) atoms. The number of aromatic nitrogens is 3. The van der Waals surface area contributed by atoms with Gasteiger partial charge in [0.1, 0.15) is 0 Å². The van der Waals surface area contributed by atoms with E-state index in [9.17, 15) is 0 Å². The third-order valence-electron chi connectivity index (χ3n) is 11.5. The molecular weight excluding hydrogens is 991 g/mol. The van der Waals surface area contributed by atoms with E-state index < -0.39 is 0 Å². The summed E-state index contributed by atoms with van der Waals surface area (Å²) in [7, 11) is 0. The first-order valence-electron chi connectivity index (χ1n) is 22.0. The zero-order valence-corrected chi connectivity index (χ0v) is 38.8. The molecule has 0 aliphatic rings. The van der Waals surface area contributed by atoms with Crippen LogP contribution in [-0.4, -0.2) is 15.0 Å². The summed E-state index contributed by atoms with van der Waals surface area (Å²) in [5.74, 6) is 0. The first-order valence-corrected chi connectivity index (χ1v) is 22.0. The monoisotopic (exact) mass is 1030 g/mol. The summed E-state index contributed by atoms with van der Waals surface area (Å²) in [6.45, 7) is 0. The Bertz CT molecular complexity index is 3270. The summed E-state index contributed by atoms with van der Waals surface area (Å²) in [6, 6.07) is 92.2. The maximum absolute atomic E-state index is 4.64. The number of hydrogen-bond donors (Lipinski definition) is 0. The molecule has 0 atom stereocenters. The molecule has 0 unspecified atom stereocenters. The Morgan fingerprint density at radius 1 is 0.254 bits per heavy atom. The van der Waals surface area contributed by atoms with Gasteiger partial charge in [-0.05, 0) is 92.4 Å². The van der Waals surface area contributed by atoms with Crippen molar-refractivity contribution in [3.63, 3.8) is 0 Å². The minimum absolute atomic E-state index is 0. The summed E-state index contributed by atoms with van der Waals surface area (Å²) < 4.78 is 0. The molecule has 0 saturated heterocycles. The fourth-order valence-corrected chi connectivity index (χ4v) is 8.28. The fraction of sp³-hybridized carbons (Fsp3) is 0. The number of rotatable bonds is 9. The van der Waals surface area contributed by atoms with E-state index >= 15 is 0 Å². The molecule has 3 aromatic heterocycles. The third kappa shape index (κ3) is 10.2. The van der Waals surface area contributed by atoms with Crippen LogP contribution in [0.3, 0.4) is 0 Å². The van der Waals surface area contributed by atoms with Crippen LogP contribution in [0.25, 0.3) is 101 Å². The van der Waals surface area contributed by atoms with Gasteiger partial charge in [0.15, 0.2) is 0 Å². The predicted molar refractivity (Wildman–Crippen MR) is 272 cm³/mol. The standard InChI is InChI=1S/C52H34N2.C11H8N.Ir/c1-3-15-37(16-4-1)42-33-43(46-20-8-7-19-45(46)39-25-27-40(28-26-39)51-23-11-13-31-53-51)35-44(34-42)47-21-9-10-22-48(47)49-30-29-41(52-24-12-14-32-54-52)36-50(49)38-17-5-2-6-18-38;1-2-6-10(7-3-1)11-8-4-5-9-12-11;/h1-27,30-36H;1-6,8-9H;/q-2;-1;+3. The molecule has 0 radical (unpaired) electrons. The molecule has 0 aliphatic carbocycles.